The van der Waals surface area contributed by atoms with Gasteiger partial charge in [-0.05, 0) is 25.7 Å². The van der Waals surface area contributed by atoms with E-state index < -0.39 is 36.4 Å². The second kappa shape index (κ2) is 11.0. The molecule has 1 fully saturated rings. The average molecular weight is 385 g/mol. The van der Waals surface area contributed by atoms with Crippen LogP contribution in [0, 0.1) is 17.8 Å². The lowest BCUT2D eigenvalue weighted by Gasteiger charge is -2.22. The molecule has 0 aliphatic carbocycles. The van der Waals surface area contributed by atoms with Crippen molar-refractivity contribution < 1.29 is 28.6 Å². The molecule has 1 heterocycles. The summed E-state index contributed by atoms with van der Waals surface area (Å²) in [6.45, 7) is 3.73. The summed E-state index contributed by atoms with van der Waals surface area (Å²) in [4.78, 5) is 23.6. The van der Waals surface area contributed by atoms with E-state index in [0.29, 0.717) is 32.1 Å². The molecule has 1 aliphatic heterocycles. The number of nitrogens with zero attached hydrogens (tertiary/aromatic N) is 1. The van der Waals surface area contributed by atoms with Gasteiger partial charge in [-0.15, -0.1) is 11.8 Å². The minimum Gasteiger partial charge on any atom is -0.481 e. The Morgan fingerprint density at radius 2 is 2.04 bits per heavy atom. The molecule has 1 unspecified atom stereocenters. The Morgan fingerprint density at radius 1 is 1.37 bits per heavy atom. The summed E-state index contributed by atoms with van der Waals surface area (Å²) in [6.07, 6.45) is 4.58. The third kappa shape index (κ3) is 7.67. The van der Waals surface area contributed by atoms with Crippen molar-refractivity contribution in [2.45, 2.75) is 76.9 Å². The molecule has 0 spiro atoms. The van der Waals surface area contributed by atoms with Crippen molar-refractivity contribution >= 4 is 11.9 Å². The van der Waals surface area contributed by atoms with E-state index in [1.807, 2.05) is 6.92 Å². The van der Waals surface area contributed by atoms with Crippen molar-refractivity contribution in [3.05, 3.63) is 12.2 Å². The van der Waals surface area contributed by atoms with Crippen LogP contribution in [-0.2, 0) is 9.59 Å². The lowest BCUT2D eigenvalue weighted by molar-refractivity contribution is -0.148. The third-order valence-electron chi connectivity index (χ3n) is 4.69. The molecule has 1 amide bonds. The number of hydrogen-bond donors (Lipinski definition) is 2. The highest BCUT2D eigenvalue weighted by Gasteiger charge is 2.52. The summed E-state index contributed by atoms with van der Waals surface area (Å²) < 4.78 is 27.7. The van der Waals surface area contributed by atoms with Crippen LogP contribution in [0.5, 0.6) is 0 Å². The van der Waals surface area contributed by atoms with E-state index in [4.69, 9.17) is 5.11 Å². The van der Waals surface area contributed by atoms with Gasteiger partial charge in [-0.1, -0.05) is 31.9 Å². The van der Waals surface area contributed by atoms with Crippen LogP contribution in [0.3, 0.4) is 0 Å². The number of amides is 1. The Morgan fingerprint density at radius 3 is 2.67 bits per heavy atom. The van der Waals surface area contributed by atoms with Gasteiger partial charge in [0.1, 0.15) is 0 Å². The van der Waals surface area contributed by atoms with E-state index >= 15 is 0 Å². The van der Waals surface area contributed by atoms with Crippen molar-refractivity contribution in [3.8, 4) is 11.8 Å². The van der Waals surface area contributed by atoms with Crippen molar-refractivity contribution in [3.63, 3.8) is 0 Å². The zero-order valence-electron chi connectivity index (χ0n) is 16.0. The Labute approximate surface area is 159 Å². The number of likely N-dealkylation sites (tertiary alicyclic amines) is 1. The number of unbranched alkanes of at least 4 members (excludes halogenated alkanes) is 3. The van der Waals surface area contributed by atoms with E-state index in [0.717, 1.165) is 4.90 Å². The van der Waals surface area contributed by atoms with Gasteiger partial charge in [-0.3, -0.25) is 9.59 Å². The molecule has 7 heteroatoms. The van der Waals surface area contributed by atoms with Crippen molar-refractivity contribution in [2.24, 2.45) is 5.92 Å². The molecule has 0 aromatic heterocycles. The summed E-state index contributed by atoms with van der Waals surface area (Å²) in [5, 5.41) is 18.7. The van der Waals surface area contributed by atoms with Crippen LogP contribution < -0.4 is 0 Å². The predicted molar refractivity (Wildman–Crippen MR) is 98.2 cm³/mol. The van der Waals surface area contributed by atoms with Gasteiger partial charge in [0.05, 0.1) is 12.1 Å². The van der Waals surface area contributed by atoms with Gasteiger partial charge in [-0.25, -0.2) is 0 Å². The van der Waals surface area contributed by atoms with E-state index in [-0.39, 0.29) is 18.9 Å². The molecule has 0 aromatic carbocycles. The highest BCUT2D eigenvalue weighted by molar-refractivity contribution is 5.86. The lowest BCUT2D eigenvalue weighted by atomic mass is 10.00. The Balaban J connectivity index is 2.59. The monoisotopic (exact) mass is 385 g/mol. The number of hydrogen-bond acceptors (Lipinski definition) is 3. The van der Waals surface area contributed by atoms with Crippen LogP contribution in [0.2, 0.25) is 0 Å². The summed E-state index contributed by atoms with van der Waals surface area (Å²) in [7, 11) is 0. The average Bonchev–Trinajstić information content (AvgIpc) is 2.82. The highest BCUT2D eigenvalue weighted by atomic mass is 19.3. The van der Waals surface area contributed by atoms with E-state index in [1.165, 1.54) is 12.2 Å². The normalized spacial score (nSPS) is 21.1. The molecule has 1 aliphatic rings. The first-order valence-electron chi connectivity index (χ1n) is 9.35. The molecule has 0 radical (unpaired) electrons. The smallest absolute Gasteiger partial charge is 0.327 e. The maximum absolute atomic E-state index is 13.8. The topological polar surface area (TPSA) is 77.8 Å². The summed E-state index contributed by atoms with van der Waals surface area (Å²) in [5.41, 5.74) is 0. The van der Waals surface area contributed by atoms with Crippen molar-refractivity contribution in [1.29, 1.82) is 0 Å². The summed E-state index contributed by atoms with van der Waals surface area (Å²) >= 11 is 0. The molecular formula is C20H29F2NO4. The maximum Gasteiger partial charge on any atom is 0.327 e. The number of rotatable bonds is 11. The number of aliphatic carboxylic acids is 1. The number of halogens is 2. The molecule has 0 bridgehead atoms. The Bertz CT molecular complexity index is 595. The second-order valence-electron chi connectivity index (χ2n) is 7.02. The first-order valence-corrected chi connectivity index (χ1v) is 9.35. The number of carboxylic acids is 1. The molecule has 0 aromatic rings. The SMILES string of the molecule is CC#CC[C@@H](C)[C@@H](O)C=CC1CC(F)(F)C(=O)N1CCCCCCC(=O)O. The number of carboxylic acid groups (broad SMARTS) is 1. The van der Waals surface area contributed by atoms with E-state index in [2.05, 4.69) is 11.8 Å². The molecule has 0 saturated carbocycles. The number of carbonyl (C=O) groups excluding carboxylic acids is 1. The fourth-order valence-electron chi connectivity index (χ4n) is 2.99. The molecular weight excluding hydrogens is 356 g/mol. The van der Waals surface area contributed by atoms with Crippen LogP contribution in [0.25, 0.3) is 0 Å². The van der Waals surface area contributed by atoms with Gasteiger partial charge >= 0.3 is 11.9 Å². The van der Waals surface area contributed by atoms with Crippen LogP contribution in [-0.4, -0.2) is 51.6 Å². The number of alkyl halides is 2. The van der Waals surface area contributed by atoms with Gasteiger partial charge in [0, 0.05) is 25.8 Å². The first-order chi connectivity index (χ1) is 12.7. The summed E-state index contributed by atoms with van der Waals surface area (Å²) in [5.74, 6) is 0.0706. The van der Waals surface area contributed by atoms with Gasteiger partial charge in [0.2, 0.25) is 0 Å². The van der Waals surface area contributed by atoms with Crippen molar-refractivity contribution in [1.82, 2.24) is 4.90 Å². The molecule has 1 rings (SSSR count). The lowest BCUT2D eigenvalue weighted by Crippen LogP contribution is -2.36. The van der Waals surface area contributed by atoms with Gasteiger partial charge in [0.15, 0.2) is 0 Å². The fraction of sp³-hybridized carbons (Fsp3) is 0.700. The number of aliphatic hydroxyl groups is 1. The highest BCUT2D eigenvalue weighted by Crippen LogP contribution is 2.34. The quantitative estimate of drug-likeness (QED) is 0.325. The summed E-state index contributed by atoms with van der Waals surface area (Å²) in [6, 6.07) is -0.745. The zero-order chi connectivity index (χ0) is 20.4. The zero-order valence-corrected chi connectivity index (χ0v) is 16.0. The minimum absolute atomic E-state index is 0.0879. The van der Waals surface area contributed by atoms with E-state index in [9.17, 15) is 23.5 Å². The molecule has 2 N–H and O–H groups in total. The van der Waals surface area contributed by atoms with Crippen LogP contribution >= 0.6 is 0 Å². The Kier molecular flexibility index (Phi) is 9.44. The molecule has 3 atom stereocenters. The van der Waals surface area contributed by atoms with Crippen molar-refractivity contribution in [2.75, 3.05) is 6.54 Å². The standard InChI is InChI=1S/C20H29F2NO4/c1-3-4-9-15(2)17(24)12-11-16-14-20(21,22)19(27)23(16)13-8-6-5-7-10-18(25)26/h11-12,15-17,24H,5-10,13-14H2,1-2H3,(H,25,26)/t15-,16?,17+/m1/s1. The van der Waals surface area contributed by atoms with Gasteiger partial charge < -0.3 is 15.1 Å². The third-order valence-corrected chi connectivity index (χ3v) is 4.69. The Hall–Kier alpha value is -1.94. The molecule has 152 valence electrons. The van der Waals surface area contributed by atoms with Crippen LogP contribution in [0.1, 0.15) is 58.8 Å². The van der Waals surface area contributed by atoms with Gasteiger partial charge in [0.25, 0.3) is 5.91 Å². The molecule has 27 heavy (non-hydrogen) atoms. The fourth-order valence-corrected chi connectivity index (χ4v) is 2.99. The van der Waals surface area contributed by atoms with E-state index in [1.54, 1.807) is 6.92 Å². The predicted octanol–water partition coefficient (Wildman–Crippen LogP) is 3.22. The maximum atomic E-state index is 13.8. The molecule has 5 nitrogen and oxygen atoms in total. The first kappa shape index (κ1) is 23.1. The largest absolute Gasteiger partial charge is 0.481 e. The second-order valence-corrected chi connectivity index (χ2v) is 7.02. The number of carbonyl (C=O) groups is 2. The van der Waals surface area contributed by atoms with Crippen LogP contribution in [0.15, 0.2) is 12.2 Å². The molecule has 1 saturated heterocycles. The minimum atomic E-state index is -3.39. The van der Waals surface area contributed by atoms with Gasteiger partial charge in [-0.2, -0.15) is 8.78 Å². The van der Waals surface area contributed by atoms with Crippen LogP contribution in [0.4, 0.5) is 8.78 Å². The number of aliphatic hydroxyl groups excluding tert-OH is 1.